The molecule has 2 amide bonds. The highest BCUT2D eigenvalue weighted by atomic mass is 16.2. The van der Waals surface area contributed by atoms with Crippen LogP contribution in [0.15, 0.2) is 35.3 Å². The van der Waals surface area contributed by atoms with Crippen molar-refractivity contribution in [2.24, 2.45) is 4.99 Å². The molecule has 0 unspecified atom stereocenters. The van der Waals surface area contributed by atoms with E-state index >= 15 is 0 Å². The molecule has 2 aliphatic rings. The molecule has 1 saturated heterocycles. The van der Waals surface area contributed by atoms with Crippen LogP contribution in [0, 0.1) is 0 Å². The van der Waals surface area contributed by atoms with Crippen LogP contribution in [0.4, 0.5) is 0 Å². The quantitative estimate of drug-likeness (QED) is 0.468. The highest BCUT2D eigenvalue weighted by Gasteiger charge is 2.26. The molecule has 0 atom stereocenters. The summed E-state index contributed by atoms with van der Waals surface area (Å²) in [7, 11) is 3.48. The van der Waals surface area contributed by atoms with Gasteiger partial charge in [0, 0.05) is 52.9 Å². The molecule has 0 spiro atoms. The SMILES string of the molecule is CN(C)C(=O)CN=C(NCCc1ccccc1)N1CCN(CC(=O)NC2CC2)CC1. The minimum Gasteiger partial charge on any atom is -0.356 e. The maximum Gasteiger partial charge on any atom is 0.243 e. The summed E-state index contributed by atoms with van der Waals surface area (Å²) in [5, 5.41) is 6.48. The number of carbonyl (C=O) groups excluding carboxylic acids is 2. The average molecular weight is 415 g/mol. The molecule has 8 heteroatoms. The zero-order chi connectivity index (χ0) is 21.3. The summed E-state index contributed by atoms with van der Waals surface area (Å²) in [6, 6.07) is 10.7. The van der Waals surface area contributed by atoms with E-state index in [0.29, 0.717) is 12.6 Å². The van der Waals surface area contributed by atoms with E-state index < -0.39 is 0 Å². The Morgan fingerprint density at radius 2 is 1.80 bits per heavy atom. The monoisotopic (exact) mass is 414 g/mol. The van der Waals surface area contributed by atoms with E-state index in [1.807, 2.05) is 18.2 Å². The van der Waals surface area contributed by atoms with Crippen LogP contribution in [0.1, 0.15) is 18.4 Å². The molecule has 2 N–H and O–H groups in total. The van der Waals surface area contributed by atoms with E-state index in [4.69, 9.17) is 0 Å². The van der Waals surface area contributed by atoms with Gasteiger partial charge < -0.3 is 20.4 Å². The maximum atomic E-state index is 12.0. The molecule has 1 heterocycles. The molecule has 0 bridgehead atoms. The number of rotatable bonds is 8. The highest BCUT2D eigenvalue weighted by molar-refractivity contribution is 5.85. The van der Waals surface area contributed by atoms with Crippen molar-refractivity contribution in [3.63, 3.8) is 0 Å². The van der Waals surface area contributed by atoms with Crippen LogP contribution in [-0.2, 0) is 16.0 Å². The number of carbonyl (C=O) groups is 2. The van der Waals surface area contributed by atoms with Crippen LogP contribution in [0.25, 0.3) is 0 Å². The Balaban J connectivity index is 1.51. The molecule has 1 saturated carbocycles. The Morgan fingerprint density at radius 3 is 2.43 bits per heavy atom. The second kappa shape index (κ2) is 11.0. The van der Waals surface area contributed by atoms with Crippen molar-refractivity contribution in [2.45, 2.75) is 25.3 Å². The summed E-state index contributed by atoms with van der Waals surface area (Å²) < 4.78 is 0. The molecule has 1 aliphatic carbocycles. The number of likely N-dealkylation sites (N-methyl/N-ethyl adjacent to an activating group) is 1. The summed E-state index contributed by atoms with van der Waals surface area (Å²) in [6.07, 6.45) is 3.11. The molecular formula is C22H34N6O2. The predicted molar refractivity (Wildman–Crippen MR) is 118 cm³/mol. The first-order chi connectivity index (χ1) is 14.5. The average Bonchev–Trinajstić information content (AvgIpc) is 3.55. The summed E-state index contributed by atoms with van der Waals surface area (Å²) >= 11 is 0. The fourth-order valence-corrected chi connectivity index (χ4v) is 3.34. The standard InChI is InChI=1S/C22H34N6O2/c1-26(2)21(30)16-24-22(23-11-10-18-6-4-3-5-7-18)28-14-12-27(13-15-28)17-20(29)25-19-8-9-19/h3-7,19H,8-17H2,1-2H3,(H,23,24)(H,25,29). The van der Waals surface area contributed by atoms with E-state index in [1.54, 1.807) is 19.0 Å². The van der Waals surface area contributed by atoms with Gasteiger partial charge in [0.2, 0.25) is 11.8 Å². The number of amides is 2. The largest absolute Gasteiger partial charge is 0.356 e. The minimum absolute atomic E-state index is 0.0206. The number of hydrogen-bond acceptors (Lipinski definition) is 4. The Morgan fingerprint density at radius 1 is 1.10 bits per heavy atom. The molecular weight excluding hydrogens is 380 g/mol. The minimum atomic E-state index is -0.0206. The lowest BCUT2D eigenvalue weighted by molar-refractivity contribution is -0.127. The van der Waals surface area contributed by atoms with Crippen LogP contribution in [0.5, 0.6) is 0 Å². The molecule has 0 radical (unpaired) electrons. The fourth-order valence-electron chi connectivity index (χ4n) is 3.34. The number of nitrogens with one attached hydrogen (secondary N) is 2. The van der Waals surface area contributed by atoms with Gasteiger partial charge in [-0.3, -0.25) is 14.5 Å². The second-order valence-corrected chi connectivity index (χ2v) is 8.20. The van der Waals surface area contributed by atoms with Crippen molar-refractivity contribution in [1.82, 2.24) is 25.3 Å². The Bertz CT molecular complexity index is 724. The molecule has 8 nitrogen and oxygen atoms in total. The third kappa shape index (κ3) is 7.33. The highest BCUT2D eigenvalue weighted by Crippen LogP contribution is 2.18. The van der Waals surface area contributed by atoms with E-state index in [2.05, 4.69) is 37.6 Å². The smallest absolute Gasteiger partial charge is 0.243 e. The second-order valence-electron chi connectivity index (χ2n) is 8.20. The van der Waals surface area contributed by atoms with E-state index in [1.165, 1.54) is 5.56 Å². The van der Waals surface area contributed by atoms with Crippen LogP contribution in [0.3, 0.4) is 0 Å². The third-order valence-electron chi connectivity index (χ3n) is 5.38. The zero-order valence-corrected chi connectivity index (χ0v) is 18.1. The predicted octanol–water partition coefficient (Wildman–Crippen LogP) is 0.159. The number of benzene rings is 1. The number of aliphatic imine (C=N–C) groups is 1. The first kappa shape index (κ1) is 22.1. The molecule has 1 aliphatic heterocycles. The van der Waals surface area contributed by atoms with Crippen LogP contribution in [-0.4, -0.2) is 98.4 Å². The van der Waals surface area contributed by atoms with Gasteiger partial charge in [0.05, 0.1) is 6.54 Å². The first-order valence-electron chi connectivity index (χ1n) is 10.8. The van der Waals surface area contributed by atoms with Crippen LogP contribution in [0.2, 0.25) is 0 Å². The van der Waals surface area contributed by atoms with Gasteiger partial charge in [0.1, 0.15) is 6.54 Å². The van der Waals surface area contributed by atoms with Gasteiger partial charge in [0.15, 0.2) is 5.96 Å². The first-order valence-corrected chi connectivity index (χ1v) is 10.8. The Hall–Kier alpha value is -2.61. The molecule has 30 heavy (non-hydrogen) atoms. The number of nitrogens with zero attached hydrogens (tertiary/aromatic N) is 4. The maximum absolute atomic E-state index is 12.0. The molecule has 2 fully saturated rings. The lowest BCUT2D eigenvalue weighted by Gasteiger charge is -2.36. The van der Waals surface area contributed by atoms with Crippen molar-refractivity contribution in [2.75, 3.05) is 59.9 Å². The van der Waals surface area contributed by atoms with Gasteiger partial charge in [0.25, 0.3) is 0 Å². The van der Waals surface area contributed by atoms with Gasteiger partial charge in [-0.05, 0) is 24.8 Å². The van der Waals surface area contributed by atoms with Crippen molar-refractivity contribution in [3.05, 3.63) is 35.9 Å². The summed E-state index contributed by atoms with van der Waals surface area (Å²) in [4.78, 5) is 34.6. The van der Waals surface area contributed by atoms with Gasteiger partial charge in [-0.25, -0.2) is 4.99 Å². The van der Waals surface area contributed by atoms with Gasteiger partial charge >= 0.3 is 0 Å². The third-order valence-corrected chi connectivity index (χ3v) is 5.38. The zero-order valence-electron chi connectivity index (χ0n) is 18.1. The summed E-state index contributed by atoms with van der Waals surface area (Å²) in [5.74, 6) is 0.869. The molecule has 164 valence electrons. The molecule has 0 aromatic heterocycles. The number of guanidine groups is 1. The topological polar surface area (TPSA) is 80.3 Å². The van der Waals surface area contributed by atoms with E-state index in [0.717, 1.165) is 57.9 Å². The number of hydrogen-bond donors (Lipinski definition) is 2. The van der Waals surface area contributed by atoms with E-state index in [-0.39, 0.29) is 18.4 Å². The summed E-state index contributed by atoms with van der Waals surface area (Å²) in [5.41, 5.74) is 1.26. The van der Waals surface area contributed by atoms with Crippen LogP contribution >= 0.6 is 0 Å². The normalized spacial score (nSPS) is 17.5. The van der Waals surface area contributed by atoms with Crippen molar-refractivity contribution in [1.29, 1.82) is 0 Å². The fraction of sp³-hybridized carbons (Fsp3) is 0.591. The van der Waals surface area contributed by atoms with Crippen molar-refractivity contribution < 1.29 is 9.59 Å². The lowest BCUT2D eigenvalue weighted by atomic mass is 10.1. The van der Waals surface area contributed by atoms with E-state index in [9.17, 15) is 9.59 Å². The Labute approximate surface area is 179 Å². The molecule has 1 aromatic carbocycles. The molecule has 1 aromatic rings. The molecule has 3 rings (SSSR count). The van der Waals surface area contributed by atoms with Gasteiger partial charge in [-0.1, -0.05) is 30.3 Å². The number of piperazine rings is 1. The summed E-state index contributed by atoms with van der Waals surface area (Å²) in [6.45, 7) is 4.51. The Kier molecular flexibility index (Phi) is 8.07. The van der Waals surface area contributed by atoms with Gasteiger partial charge in [-0.15, -0.1) is 0 Å². The van der Waals surface area contributed by atoms with Crippen molar-refractivity contribution >= 4 is 17.8 Å². The van der Waals surface area contributed by atoms with Crippen molar-refractivity contribution in [3.8, 4) is 0 Å². The van der Waals surface area contributed by atoms with Crippen LogP contribution < -0.4 is 10.6 Å². The lowest BCUT2D eigenvalue weighted by Crippen LogP contribution is -2.54. The van der Waals surface area contributed by atoms with Gasteiger partial charge in [-0.2, -0.15) is 0 Å².